The number of allylic oxidation sites excluding steroid dienone is 4. The van der Waals surface area contributed by atoms with E-state index >= 15 is 0 Å². The van der Waals surface area contributed by atoms with Crippen LogP contribution in [0.15, 0.2) is 60.6 Å². The minimum atomic E-state index is -0.546. The van der Waals surface area contributed by atoms with Crippen molar-refractivity contribution in [3.63, 3.8) is 0 Å². The normalized spacial score (nSPS) is 18.1. The molecule has 2 aromatic rings. The van der Waals surface area contributed by atoms with Gasteiger partial charge in [0, 0.05) is 11.1 Å². The van der Waals surface area contributed by atoms with Gasteiger partial charge in [-0.25, -0.2) is 0 Å². The van der Waals surface area contributed by atoms with Crippen molar-refractivity contribution < 1.29 is 14.0 Å². The van der Waals surface area contributed by atoms with Gasteiger partial charge in [0.15, 0.2) is 0 Å². The molecule has 0 N–H and O–H groups in total. The van der Waals surface area contributed by atoms with Crippen LogP contribution in [-0.2, 0) is 9.31 Å². The Balaban J connectivity index is 2.20. The second-order valence-electron chi connectivity index (χ2n) is 8.03. The van der Waals surface area contributed by atoms with E-state index in [4.69, 9.17) is 14.0 Å². The van der Waals surface area contributed by atoms with Gasteiger partial charge in [-0.1, -0.05) is 31.4 Å². The number of fused-ring (bicyclic) bond motifs is 1. The van der Waals surface area contributed by atoms with Gasteiger partial charge in [-0.05, 0) is 58.3 Å². The zero-order valence-corrected chi connectivity index (χ0v) is 17.8. The molecule has 0 spiro atoms. The number of ether oxygens (including phenoxy) is 1. The molecule has 2 heterocycles. The van der Waals surface area contributed by atoms with Crippen LogP contribution in [0, 0.1) is 0 Å². The molecule has 152 valence electrons. The van der Waals surface area contributed by atoms with Gasteiger partial charge in [-0.15, -0.1) is 0 Å². The Bertz CT molecular complexity index is 1030. The summed E-state index contributed by atoms with van der Waals surface area (Å²) in [5.74, 6) is 0.624. The van der Waals surface area contributed by atoms with Gasteiger partial charge >= 0.3 is 7.12 Å². The second kappa shape index (κ2) is 7.69. The fourth-order valence-corrected chi connectivity index (χ4v) is 3.28. The first-order valence-corrected chi connectivity index (χ1v) is 9.78. The monoisotopic (exact) mass is 393 g/mol. The molecule has 1 aliphatic rings. The molecule has 0 bridgehead atoms. The molecule has 0 unspecified atom stereocenters. The van der Waals surface area contributed by atoms with Gasteiger partial charge in [0.05, 0.1) is 29.4 Å². The molecule has 1 aromatic heterocycles. The van der Waals surface area contributed by atoms with Crippen molar-refractivity contribution in [1.29, 1.82) is 0 Å². The highest BCUT2D eigenvalue weighted by atomic mass is 16.7. The minimum absolute atomic E-state index is 0.171. The van der Waals surface area contributed by atoms with Crippen molar-refractivity contribution in [2.75, 3.05) is 6.61 Å². The fraction of sp³-hybridized carbons (Fsp3) is 0.348. The molecular weight excluding hydrogens is 365 g/mol. The molecule has 3 rings (SSSR count). The van der Waals surface area contributed by atoms with E-state index < -0.39 is 18.3 Å². The molecule has 6 heteroatoms. The third-order valence-electron chi connectivity index (χ3n) is 5.61. The van der Waals surface area contributed by atoms with Crippen molar-refractivity contribution in [3.8, 4) is 5.75 Å². The smallest absolute Gasteiger partial charge is 0.492 e. The number of hydrogen-bond donors (Lipinski definition) is 0. The van der Waals surface area contributed by atoms with Gasteiger partial charge in [-0.3, -0.25) is 9.36 Å². The molecule has 1 aliphatic heterocycles. The Morgan fingerprint density at radius 3 is 2.38 bits per heavy atom. The standard InChI is InChI=1S/C23H28BNO4/c1-8-11-17(9-2)25-15-20(27-10-3)18-13-12-16(14-19(18)21(25)26)24-28-22(4,5)23(6,7)29-24/h8-9,11-15H,1-2,10H2,3-7H3/b17-11+. The molecule has 5 nitrogen and oxygen atoms in total. The number of benzene rings is 1. The lowest BCUT2D eigenvalue weighted by Gasteiger charge is -2.32. The Morgan fingerprint density at radius 2 is 1.83 bits per heavy atom. The molecule has 1 saturated heterocycles. The van der Waals surface area contributed by atoms with Crippen molar-refractivity contribution in [3.05, 3.63) is 66.1 Å². The predicted molar refractivity (Wildman–Crippen MR) is 120 cm³/mol. The Labute approximate surface area is 172 Å². The van der Waals surface area contributed by atoms with Crippen molar-refractivity contribution in [1.82, 2.24) is 4.57 Å². The fourth-order valence-electron chi connectivity index (χ4n) is 3.28. The number of nitrogens with zero attached hydrogens (tertiary/aromatic N) is 1. The van der Waals surface area contributed by atoms with Crippen LogP contribution < -0.4 is 15.8 Å². The molecule has 0 radical (unpaired) electrons. The number of aromatic nitrogens is 1. The summed E-state index contributed by atoms with van der Waals surface area (Å²) in [6.45, 7) is 17.9. The Hall–Kier alpha value is -2.57. The first kappa shape index (κ1) is 21.2. The van der Waals surface area contributed by atoms with Gasteiger partial charge in [0.2, 0.25) is 0 Å². The maximum Gasteiger partial charge on any atom is 0.494 e. The Morgan fingerprint density at radius 1 is 1.17 bits per heavy atom. The first-order chi connectivity index (χ1) is 13.6. The van der Waals surface area contributed by atoms with E-state index in [0.717, 1.165) is 10.8 Å². The molecule has 0 aliphatic carbocycles. The van der Waals surface area contributed by atoms with Crippen LogP contribution in [0.5, 0.6) is 5.75 Å². The highest BCUT2D eigenvalue weighted by Gasteiger charge is 2.51. The highest BCUT2D eigenvalue weighted by Crippen LogP contribution is 2.36. The molecule has 0 atom stereocenters. The van der Waals surface area contributed by atoms with Gasteiger partial charge in [-0.2, -0.15) is 0 Å². The van der Waals surface area contributed by atoms with Crippen LogP contribution in [-0.4, -0.2) is 29.5 Å². The van der Waals surface area contributed by atoms with Crippen LogP contribution in [0.25, 0.3) is 16.5 Å². The van der Waals surface area contributed by atoms with E-state index in [2.05, 4.69) is 13.2 Å². The van der Waals surface area contributed by atoms with Crippen LogP contribution in [0.4, 0.5) is 0 Å². The average Bonchev–Trinajstić information content (AvgIpc) is 2.89. The zero-order valence-electron chi connectivity index (χ0n) is 17.8. The lowest BCUT2D eigenvalue weighted by molar-refractivity contribution is 0.00578. The average molecular weight is 393 g/mol. The first-order valence-electron chi connectivity index (χ1n) is 9.78. The molecular formula is C23H28BNO4. The maximum absolute atomic E-state index is 13.3. The van der Waals surface area contributed by atoms with Crippen molar-refractivity contribution in [2.45, 2.75) is 45.8 Å². The van der Waals surface area contributed by atoms with Gasteiger partial charge in [0.25, 0.3) is 5.56 Å². The SMILES string of the molecule is C=C/C=C(\C=C)n1cc(OCC)c2ccc(B3OC(C)(C)C(C)(C)O3)cc2c1=O. The summed E-state index contributed by atoms with van der Waals surface area (Å²) >= 11 is 0. The summed E-state index contributed by atoms with van der Waals surface area (Å²) in [6, 6.07) is 5.63. The maximum atomic E-state index is 13.3. The summed E-state index contributed by atoms with van der Waals surface area (Å²) in [7, 11) is -0.546. The third kappa shape index (κ3) is 3.70. The van der Waals surface area contributed by atoms with E-state index in [0.29, 0.717) is 23.4 Å². The Kier molecular flexibility index (Phi) is 5.61. The van der Waals surface area contributed by atoms with Crippen LogP contribution >= 0.6 is 0 Å². The third-order valence-corrected chi connectivity index (χ3v) is 5.61. The summed E-state index contributed by atoms with van der Waals surface area (Å²) in [5.41, 5.74) is 0.329. The van der Waals surface area contributed by atoms with Crippen molar-refractivity contribution in [2.24, 2.45) is 0 Å². The number of rotatable bonds is 6. The van der Waals surface area contributed by atoms with E-state index in [1.807, 2.05) is 52.8 Å². The van der Waals surface area contributed by atoms with Gasteiger partial charge < -0.3 is 14.0 Å². The molecule has 1 aromatic carbocycles. The molecule has 29 heavy (non-hydrogen) atoms. The lowest BCUT2D eigenvalue weighted by Crippen LogP contribution is -2.41. The predicted octanol–water partition coefficient (Wildman–Crippen LogP) is 3.91. The molecule has 0 saturated carbocycles. The topological polar surface area (TPSA) is 49.7 Å². The quantitative estimate of drug-likeness (QED) is 0.552. The van der Waals surface area contributed by atoms with Crippen molar-refractivity contribution >= 4 is 29.1 Å². The minimum Gasteiger partial charge on any atom is -0.492 e. The summed E-state index contributed by atoms with van der Waals surface area (Å²) in [5, 5.41) is 1.27. The second-order valence-corrected chi connectivity index (χ2v) is 8.03. The largest absolute Gasteiger partial charge is 0.494 e. The highest BCUT2D eigenvalue weighted by molar-refractivity contribution is 6.62. The zero-order chi connectivity index (χ0) is 21.4. The number of hydrogen-bond acceptors (Lipinski definition) is 4. The van der Waals surface area contributed by atoms with E-state index in [1.54, 1.807) is 24.4 Å². The molecule has 0 amide bonds. The lowest BCUT2D eigenvalue weighted by atomic mass is 9.78. The van der Waals surface area contributed by atoms with Crippen LogP contribution in [0.2, 0.25) is 0 Å². The van der Waals surface area contributed by atoms with Crippen LogP contribution in [0.1, 0.15) is 34.6 Å². The van der Waals surface area contributed by atoms with Gasteiger partial charge in [0.1, 0.15) is 5.75 Å². The van der Waals surface area contributed by atoms with E-state index in [1.165, 1.54) is 4.57 Å². The summed E-state index contributed by atoms with van der Waals surface area (Å²) in [6.07, 6.45) is 6.66. The summed E-state index contributed by atoms with van der Waals surface area (Å²) in [4.78, 5) is 13.3. The van der Waals surface area contributed by atoms with E-state index in [-0.39, 0.29) is 5.56 Å². The summed E-state index contributed by atoms with van der Waals surface area (Å²) < 4.78 is 19.6. The van der Waals surface area contributed by atoms with Crippen LogP contribution in [0.3, 0.4) is 0 Å². The number of pyridine rings is 1. The van der Waals surface area contributed by atoms with E-state index in [9.17, 15) is 4.79 Å². The molecule has 1 fully saturated rings.